The van der Waals surface area contributed by atoms with Crippen LogP contribution >= 0.6 is 0 Å². The molecule has 7 aromatic rings. The van der Waals surface area contributed by atoms with E-state index in [1.165, 1.54) is 33.4 Å². The minimum atomic E-state index is 0.721. The number of nitrogens with one attached hydrogen (secondary N) is 3. The average Bonchev–Trinajstić information content (AvgIpc) is 3.21. The van der Waals surface area contributed by atoms with E-state index in [-0.39, 0.29) is 0 Å². The summed E-state index contributed by atoms with van der Waals surface area (Å²) < 4.78 is 0. The monoisotopic (exact) mass is 708 g/mol. The van der Waals surface area contributed by atoms with E-state index >= 15 is 0 Å². The third kappa shape index (κ3) is 11.2. The standard InChI is InChI=1S/C48H48N6/c1-7-19-40(20-8-1)34-52(35-41-21-9-2-10-22-41)49-46-31-32-47(50-53(36-42-23-11-3-12-24-42)37-43-25-13-4-14-26-43)48(33-46)51-54(38-44-27-15-5-16-28-44)39-45-29-17-6-18-30-45/h1-33,49-51H,34-39H2. The Labute approximate surface area is 320 Å². The molecule has 0 saturated carbocycles. The van der Waals surface area contributed by atoms with Crippen LogP contribution in [0.2, 0.25) is 0 Å². The normalized spacial score (nSPS) is 11.2. The second-order valence-corrected chi connectivity index (χ2v) is 13.6. The lowest BCUT2D eigenvalue weighted by atomic mass is 10.2. The van der Waals surface area contributed by atoms with Gasteiger partial charge in [-0.3, -0.25) is 0 Å². The highest BCUT2D eigenvalue weighted by Gasteiger charge is 2.16. The molecule has 7 rings (SSSR count). The Balaban J connectivity index is 1.23. The minimum Gasteiger partial charge on any atom is -0.318 e. The highest BCUT2D eigenvalue weighted by atomic mass is 15.5. The summed E-state index contributed by atoms with van der Waals surface area (Å²) in [4.78, 5) is 0. The van der Waals surface area contributed by atoms with Gasteiger partial charge in [0.25, 0.3) is 0 Å². The summed E-state index contributed by atoms with van der Waals surface area (Å²) in [6.07, 6.45) is 0. The van der Waals surface area contributed by atoms with E-state index in [9.17, 15) is 0 Å². The first-order valence-corrected chi connectivity index (χ1v) is 18.6. The van der Waals surface area contributed by atoms with Gasteiger partial charge in [0, 0.05) is 39.3 Å². The Kier molecular flexibility index (Phi) is 12.8. The molecule has 0 spiro atoms. The SMILES string of the molecule is c1ccc(CN(Cc2ccccc2)Nc2ccc(NN(Cc3ccccc3)Cc3ccccc3)c(NN(Cc3ccccc3)Cc3ccccc3)c2)cc1. The lowest BCUT2D eigenvalue weighted by Crippen LogP contribution is -2.32. The molecule has 3 N–H and O–H groups in total. The zero-order chi connectivity index (χ0) is 36.6. The van der Waals surface area contributed by atoms with Crippen molar-refractivity contribution in [3.8, 4) is 0 Å². The topological polar surface area (TPSA) is 45.8 Å². The summed E-state index contributed by atoms with van der Waals surface area (Å²) in [6.45, 7) is 4.39. The van der Waals surface area contributed by atoms with Gasteiger partial charge in [-0.15, -0.1) is 0 Å². The van der Waals surface area contributed by atoms with Crippen LogP contribution in [0.25, 0.3) is 0 Å². The highest BCUT2D eigenvalue weighted by molar-refractivity contribution is 5.73. The summed E-state index contributed by atoms with van der Waals surface area (Å²) in [7, 11) is 0. The molecule has 6 heteroatoms. The Morgan fingerprint density at radius 2 is 0.519 bits per heavy atom. The van der Waals surface area contributed by atoms with Crippen LogP contribution in [0.3, 0.4) is 0 Å². The van der Waals surface area contributed by atoms with Gasteiger partial charge in [-0.2, -0.15) is 0 Å². The van der Waals surface area contributed by atoms with Crippen LogP contribution in [-0.4, -0.2) is 15.0 Å². The Bertz CT molecular complexity index is 1970. The van der Waals surface area contributed by atoms with Crippen LogP contribution in [0.15, 0.2) is 200 Å². The maximum absolute atomic E-state index is 3.88. The number of hydrazine groups is 3. The van der Waals surface area contributed by atoms with Crippen molar-refractivity contribution in [3.05, 3.63) is 234 Å². The molecular formula is C48H48N6. The molecule has 0 fully saturated rings. The molecule has 6 nitrogen and oxygen atoms in total. The van der Waals surface area contributed by atoms with Gasteiger partial charge >= 0.3 is 0 Å². The van der Waals surface area contributed by atoms with Crippen molar-refractivity contribution >= 4 is 17.1 Å². The van der Waals surface area contributed by atoms with Gasteiger partial charge in [-0.1, -0.05) is 182 Å². The fraction of sp³-hybridized carbons (Fsp3) is 0.125. The maximum atomic E-state index is 3.88. The predicted octanol–water partition coefficient (Wildman–Crippen LogP) is 10.8. The van der Waals surface area contributed by atoms with Crippen molar-refractivity contribution in [2.45, 2.75) is 39.3 Å². The van der Waals surface area contributed by atoms with Crippen LogP contribution < -0.4 is 16.3 Å². The summed E-state index contributed by atoms with van der Waals surface area (Å²) in [6, 6.07) is 70.4. The first-order chi connectivity index (χ1) is 26.7. The fourth-order valence-electron chi connectivity index (χ4n) is 6.55. The van der Waals surface area contributed by atoms with E-state index in [0.717, 1.165) is 56.3 Å². The van der Waals surface area contributed by atoms with Crippen LogP contribution in [0.5, 0.6) is 0 Å². The number of nitrogens with zero attached hydrogens (tertiary/aromatic N) is 3. The largest absolute Gasteiger partial charge is 0.318 e. The molecule has 0 atom stereocenters. The third-order valence-corrected chi connectivity index (χ3v) is 9.16. The van der Waals surface area contributed by atoms with Gasteiger partial charge in [0.1, 0.15) is 0 Å². The lowest BCUT2D eigenvalue weighted by Gasteiger charge is -2.30. The van der Waals surface area contributed by atoms with Crippen LogP contribution in [0.4, 0.5) is 17.1 Å². The van der Waals surface area contributed by atoms with E-state index in [4.69, 9.17) is 0 Å². The smallest absolute Gasteiger partial charge is 0.0756 e. The summed E-state index contributed by atoms with van der Waals surface area (Å²) in [5.41, 5.74) is 21.9. The zero-order valence-electron chi connectivity index (χ0n) is 30.6. The molecule has 54 heavy (non-hydrogen) atoms. The molecule has 7 aromatic carbocycles. The van der Waals surface area contributed by atoms with Crippen molar-refractivity contribution in [3.63, 3.8) is 0 Å². The fourth-order valence-corrected chi connectivity index (χ4v) is 6.55. The molecule has 0 heterocycles. The molecule has 0 saturated heterocycles. The molecule has 0 amide bonds. The zero-order valence-corrected chi connectivity index (χ0v) is 30.6. The van der Waals surface area contributed by atoms with Gasteiger partial charge in [-0.25, -0.2) is 15.0 Å². The number of benzene rings is 7. The molecular weight excluding hydrogens is 661 g/mol. The van der Waals surface area contributed by atoms with Gasteiger partial charge < -0.3 is 16.3 Å². The van der Waals surface area contributed by atoms with Gasteiger partial charge in [0.15, 0.2) is 0 Å². The van der Waals surface area contributed by atoms with Crippen molar-refractivity contribution in [2.75, 3.05) is 16.3 Å². The highest BCUT2D eigenvalue weighted by Crippen LogP contribution is 2.30. The Morgan fingerprint density at radius 1 is 0.259 bits per heavy atom. The number of hydrogen-bond donors (Lipinski definition) is 3. The average molecular weight is 709 g/mol. The number of anilines is 3. The van der Waals surface area contributed by atoms with Crippen molar-refractivity contribution in [1.82, 2.24) is 15.0 Å². The maximum Gasteiger partial charge on any atom is 0.0756 e. The summed E-state index contributed by atoms with van der Waals surface area (Å²) in [5, 5.41) is 6.85. The van der Waals surface area contributed by atoms with E-state index < -0.39 is 0 Å². The first kappa shape index (κ1) is 36.2. The van der Waals surface area contributed by atoms with E-state index in [1.807, 2.05) is 0 Å². The van der Waals surface area contributed by atoms with Crippen molar-refractivity contribution in [2.24, 2.45) is 0 Å². The summed E-state index contributed by atoms with van der Waals surface area (Å²) >= 11 is 0. The molecule has 0 aliphatic heterocycles. The van der Waals surface area contributed by atoms with Crippen LogP contribution in [0, 0.1) is 0 Å². The van der Waals surface area contributed by atoms with Gasteiger partial charge in [0.2, 0.25) is 0 Å². The lowest BCUT2D eigenvalue weighted by molar-refractivity contribution is 0.307. The first-order valence-electron chi connectivity index (χ1n) is 18.6. The third-order valence-electron chi connectivity index (χ3n) is 9.16. The summed E-state index contributed by atoms with van der Waals surface area (Å²) in [5.74, 6) is 0. The van der Waals surface area contributed by atoms with Crippen LogP contribution in [0.1, 0.15) is 33.4 Å². The van der Waals surface area contributed by atoms with E-state index in [0.29, 0.717) is 0 Å². The molecule has 270 valence electrons. The van der Waals surface area contributed by atoms with E-state index in [1.54, 1.807) is 0 Å². The molecule has 0 unspecified atom stereocenters. The Hall–Kier alpha value is -6.18. The van der Waals surface area contributed by atoms with Crippen molar-refractivity contribution in [1.29, 1.82) is 0 Å². The second kappa shape index (κ2) is 19.1. The quantitative estimate of drug-likeness (QED) is 0.0772. The van der Waals surface area contributed by atoms with Crippen molar-refractivity contribution < 1.29 is 0 Å². The molecule has 0 radical (unpaired) electrons. The Morgan fingerprint density at radius 3 is 0.815 bits per heavy atom. The molecule has 0 aliphatic carbocycles. The molecule has 0 aliphatic rings. The predicted molar refractivity (Wildman–Crippen MR) is 224 cm³/mol. The number of rotatable bonds is 18. The molecule has 0 aromatic heterocycles. The van der Waals surface area contributed by atoms with E-state index in [2.05, 4.69) is 231 Å². The number of hydrogen-bond acceptors (Lipinski definition) is 6. The minimum absolute atomic E-state index is 0.721. The van der Waals surface area contributed by atoms with Gasteiger partial charge in [-0.05, 0) is 51.6 Å². The van der Waals surface area contributed by atoms with Crippen LogP contribution in [-0.2, 0) is 39.3 Å². The molecule has 0 bridgehead atoms. The second-order valence-electron chi connectivity index (χ2n) is 13.6. The van der Waals surface area contributed by atoms with Gasteiger partial charge in [0.05, 0.1) is 17.1 Å².